The maximum atomic E-state index is 10.5. The smallest absolute Gasteiger partial charge is 0.544 e. The van der Waals surface area contributed by atoms with Gasteiger partial charge < -0.3 is 60.7 Å². The van der Waals surface area contributed by atoms with Gasteiger partial charge in [0.25, 0.3) is 11.6 Å². The van der Waals surface area contributed by atoms with Crippen LogP contribution in [0.25, 0.3) is 0 Å². The Kier molecular flexibility index (Phi) is 34.1. The number of hydrogen-bond donors (Lipinski definition) is 8. The number of carbonyl (C=O) groups excluding carboxylic acids is 2. The average Bonchev–Trinajstić information content (AvgIpc) is 3.01. The van der Waals surface area contributed by atoms with Gasteiger partial charge in [-0.05, 0) is 12.8 Å². The van der Waals surface area contributed by atoms with Gasteiger partial charge in [-0.3, -0.25) is 0 Å². The van der Waals surface area contributed by atoms with Crippen molar-refractivity contribution in [1.82, 2.24) is 0 Å². The number of unbranched alkanes of at least 4 members (excludes halogenated alkanes) is 24. The first-order valence-corrected chi connectivity index (χ1v) is 18.7. The number of hydrogen-bond acceptors (Lipinski definition) is 12. The average molecular weight is 735 g/mol. The van der Waals surface area contributed by atoms with Crippen LogP contribution in [0.5, 0.6) is 0 Å². The van der Waals surface area contributed by atoms with E-state index in [1.54, 1.807) is 0 Å². The van der Waals surface area contributed by atoms with Crippen LogP contribution in [0.1, 0.15) is 194 Å². The van der Waals surface area contributed by atoms with E-state index in [0.717, 1.165) is 38.5 Å². The van der Waals surface area contributed by atoms with E-state index in [0.29, 0.717) is 25.7 Å². The molecule has 12 nitrogen and oxygen atoms in total. The third-order valence-corrected chi connectivity index (χ3v) is 8.94. The van der Waals surface area contributed by atoms with E-state index < -0.39 is 47.9 Å². The minimum absolute atomic E-state index is 0. The van der Waals surface area contributed by atoms with E-state index in [1.807, 2.05) is 0 Å². The van der Waals surface area contributed by atoms with Gasteiger partial charge in [0.05, 0.1) is 0 Å². The Balaban J connectivity index is -0.000000846. The van der Waals surface area contributed by atoms with Crippen molar-refractivity contribution in [3.8, 4) is 0 Å². The topological polar surface area (TPSA) is 242 Å². The molecule has 8 N–H and O–H groups in total. The molecule has 0 unspecified atom stereocenters. The summed E-state index contributed by atoms with van der Waals surface area (Å²) in [5.74, 6) is -18.1. The normalized spacial score (nSPS) is 12.3. The second-order valence-corrected chi connectivity index (χ2v) is 13.5. The van der Waals surface area contributed by atoms with Crippen molar-refractivity contribution in [2.75, 3.05) is 0 Å². The number of carboxylic acids is 2. The van der Waals surface area contributed by atoms with Gasteiger partial charge in [-0.2, -0.15) is 0 Å². The second-order valence-electron chi connectivity index (χ2n) is 13.5. The Hall–Kier alpha value is -0.120. The van der Waals surface area contributed by atoms with Crippen LogP contribution in [0.3, 0.4) is 0 Å². The van der Waals surface area contributed by atoms with Crippen molar-refractivity contribution in [3.63, 3.8) is 0 Å². The van der Waals surface area contributed by atoms with Crippen LogP contribution >= 0.6 is 0 Å². The molecular weight excluding hydrogens is 664 g/mol. The van der Waals surface area contributed by atoms with Gasteiger partial charge in [-0.25, -0.2) is 0 Å². The molecular formula is C36H70CaO12. The number of aliphatic carboxylic acids is 2. The van der Waals surface area contributed by atoms with E-state index in [1.165, 1.54) is 103 Å². The summed E-state index contributed by atoms with van der Waals surface area (Å²) in [6, 6.07) is 0. The fourth-order valence-electron chi connectivity index (χ4n) is 5.45. The van der Waals surface area contributed by atoms with Crippen LogP contribution in [0.15, 0.2) is 0 Å². The molecule has 0 aromatic rings. The molecule has 0 atom stereocenters. The van der Waals surface area contributed by atoms with Crippen LogP contribution in [0, 0.1) is 0 Å². The molecule has 0 saturated heterocycles. The number of carboxylic acid groups (broad SMARTS) is 2. The predicted molar refractivity (Wildman–Crippen MR) is 185 cm³/mol. The monoisotopic (exact) mass is 734 g/mol. The molecule has 0 bridgehead atoms. The van der Waals surface area contributed by atoms with Crippen LogP contribution < -0.4 is 10.2 Å². The summed E-state index contributed by atoms with van der Waals surface area (Å²) in [4.78, 5) is 20.9. The number of carbonyl (C=O) groups is 2. The van der Waals surface area contributed by atoms with Gasteiger partial charge in [-0.15, -0.1) is 0 Å². The Labute approximate surface area is 325 Å². The van der Waals surface area contributed by atoms with E-state index in [4.69, 9.17) is 20.4 Å². The first kappa shape index (κ1) is 53.2. The molecule has 0 saturated carbocycles. The second kappa shape index (κ2) is 31.4. The van der Waals surface area contributed by atoms with Crippen LogP contribution in [0.2, 0.25) is 0 Å². The molecule has 49 heavy (non-hydrogen) atoms. The maximum Gasteiger partial charge on any atom is 2.00 e. The molecule has 13 heteroatoms. The molecule has 0 aromatic carbocycles. The van der Waals surface area contributed by atoms with Crippen molar-refractivity contribution in [3.05, 3.63) is 0 Å². The zero-order valence-electron chi connectivity index (χ0n) is 30.7. The summed E-state index contributed by atoms with van der Waals surface area (Å²) in [5, 5.41) is 95.1. The molecule has 0 amide bonds. The van der Waals surface area contributed by atoms with E-state index in [-0.39, 0.29) is 37.7 Å². The maximum absolute atomic E-state index is 10.5. The van der Waals surface area contributed by atoms with E-state index >= 15 is 0 Å². The molecule has 0 rings (SSSR count). The molecule has 0 spiro atoms. The fourth-order valence-corrected chi connectivity index (χ4v) is 5.45. The third kappa shape index (κ3) is 26.3. The summed E-state index contributed by atoms with van der Waals surface area (Å²) < 4.78 is 0. The summed E-state index contributed by atoms with van der Waals surface area (Å²) >= 11 is 0. The van der Waals surface area contributed by atoms with Crippen LogP contribution in [-0.2, 0) is 9.59 Å². The Morgan fingerprint density at radius 3 is 0.694 bits per heavy atom. The molecule has 288 valence electrons. The van der Waals surface area contributed by atoms with Crippen molar-refractivity contribution in [1.29, 1.82) is 0 Å². The van der Waals surface area contributed by atoms with Gasteiger partial charge in [0.15, 0.2) is 0 Å². The Morgan fingerprint density at radius 1 is 0.367 bits per heavy atom. The van der Waals surface area contributed by atoms with Crippen molar-refractivity contribution in [2.45, 2.75) is 217 Å². The van der Waals surface area contributed by atoms with Gasteiger partial charge in [-0.1, -0.05) is 168 Å². The molecule has 0 aliphatic heterocycles. The Morgan fingerprint density at radius 2 is 0.531 bits per heavy atom. The van der Waals surface area contributed by atoms with Crippen molar-refractivity contribution in [2.24, 2.45) is 0 Å². The van der Waals surface area contributed by atoms with Gasteiger partial charge >= 0.3 is 37.7 Å². The van der Waals surface area contributed by atoms with Gasteiger partial charge in [0.2, 0.25) is 11.6 Å². The molecule has 0 fully saturated rings. The Bertz CT molecular complexity index is 726. The summed E-state index contributed by atoms with van der Waals surface area (Å²) in [6.07, 6.45) is 28.0. The van der Waals surface area contributed by atoms with Crippen LogP contribution in [-0.4, -0.2) is 114 Å². The van der Waals surface area contributed by atoms with Gasteiger partial charge in [0, 0.05) is 12.8 Å². The van der Waals surface area contributed by atoms with E-state index in [2.05, 4.69) is 13.8 Å². The molecule has 0 aliphatic rings. The fraction of sp³-hybridized carbons (Fsp3) is 0.944. The number of aliphatic hydroxyl groups is 8. The molecule has 0 aromatic heterocycles. The molecule has 0 aliphatic carbocycles. The summed E-state index contributed by atoms with van der Waals surface area (Å²) in [7, 11) is 0. The minimum Gasteiger partial charge on any atom is -0.544 e. The third-order valence-electron chi connectivity index (χ3n) is 8.94. The largest absolute Gasteiger partial charge is 2.00 e. The van der Waals surface area contributed by atoms with E-state index in [9.17, 15) is 40.2 Å². The quantitative estimate of drug-likeness (QED) is 0.0283. The van der Waals surface area contributed by atoms with Crippen molar-refractivity contribution >= 4 is 49.7 Å². The van der Waals surface area contributed by atoms with Crippen molar-refractivity contribution < 1.29 is 60.7 Å². The molecule has 0 heterocycles. The van der Waals surface area contributed by atoms with Crippen LogP contribution in [0.4, 0.5) is 0 Å². The number of rotatable bonds is 32. The molecule has 0 radical (unpaired) electrons. The summed E-state index contributed by atoms with van der Waals surface area (Å²) in [6.45, 7) is 4.43. The summed E-state index contributed by atoms with van der Waals surface area (Å²) in [5.41, 5.74) is 0. The first-order valence-electron chi connectivity index (χ1n) is 18.7. The minimum atomic E-state index is -3.65. The predicted octanol–water partition coefficient (Wildman–Crippen LogP) is 2.78. The van der Waals surface area contributed by atoms with Gasteiger partial charge in [0.1, 0.15) is 11.9 Å². The zero-order valence-corrected chi connectivity index (χ0v) is 32.9. The zero-order chi connectivity index (χ0) is 37.0. The first-order chi connectivity index (χ1) is 22.5. The SMILES string of the molecule is CCCCCCCCCCCCCCCC(O)(O)C(O)(O)C(=O)[O-].CCCCCCCCCCCCCCCC(O)(O)C(O)(O)C(=O)[O-].[Ca+2]. The standard InChI is InChI=1S/2C18H36O6.Ca/c2*1-2-3-4-5-6-7-8-9-10-11-12-13-14-15-17(21,22)18(23,24)16(19)20;/h2*21-24H,2-15H2,1H3,(H,19,20);/q;;+2/p-2.